The molecule has 0 spiro atoms. The molecule has 1 saturated heterocycles. The number of carbonyl (C=O) groups is 1. The molecule has 0 atom stereocenters. The molecule has 1 aromatic rings. The van der Waals surface area contributed by atoms with Crippen LogP contribution in [-0.4, -0.2) is 42.5 Å². The van der Waals surface area contributed by atoms with Crippen LogP contribution in [0.5, 0.6) is 0 Å². The summed E-state index contributed by atoms with van der Waals surface area (Å²) in [5.41, 5.74) is 1.41. The largest absolute Gasteiger partial charge is 0.328 e. The molecule has 1 aliphatic heterocycles. The number of benzene rings is 1. The van der Waals surface area contributed by atoms with E-state index in [0.29, 0.717) is 0 Å². The normalized spacial score (nSPS) is 16.4. The molecular formula is C16H24N2O. The number of rotatable bonds is 3. The van der Waals surface area contributed by atoms with Crippen LogP contribution in [0, 0.1) is 5.92 Å². The molecule has 1 fully saturated rings. The Bertz CT molecular complexity index is 396. The average Bonchev–Trinajstić information content (AvgIpc) is 2.47. The van der Waals surface area contributed by atoms with Gasteiger partial charge in [-0.15, -0.1) is 0 Å². The van der Waals surface area contributed by atoms with Crippen LogP contribution in [0.4, 0.5) is 4.79 Å². The Kier molecular flexibility index (Phi) is 4.83. The van der Waals surface area contributed by atoms with Crippen LogP contribution < -0.4 is 0 Å². The van der Waals surface area contributed by atoms with Crippen LogP contribution in [0.1, 0.15) is 25.3 Å². The smallest absolute Gasteiger partial charge is 0.319 e. The van der Waals surface area contributed by atoms with Gasteiger partial charge >= 0.3 is 6.03 Å². The van der Waals surface area contributed by atoms with Crippen molar-refractivity contribution in [3.8, 4) is 0 Å². The van der Waals surface area contributed by atoms with Crippen molar-refractivity contribution in [1.82, 2.24) is 9.80 Å². The molecule has 3 nitrogen and oxygen atoms in total. The highest BCUT2D eigenvalue weighted by atomic mass is 16.2. The fraction of sp³-hybridized carbons (Fsp3) is 0.562. The molecule has 1 heterocycles. The maximum absolute atomic E-state index is 12.0. The summed E-state index contributed by atoms with van der Waals surface area (Å²) in [6, 6.07) is 10.8. The third kappa shape index (κ3) is 3.72. The molecule has 2 amide bonds. The van der Waals surface area contributed by atoms with Gasteiger partial charge in [0.2, 0.25) is 0 Å². The zero-order valence-corrected chi connectivity index (χ0v) is 12.0. The standard InChI is InChI=1S/C16H24N2O/c1-3-17(2)16(19)18-11-9-15(10-12-18)13-14-7-5-4-6-8-14/h4-8,15H,3,9-13H2,1-2H3. The lowest BCUT2D eigenvalue weighted by molar-refractivity contribution is 0.142. The molecule has 19 heavy (non-hydrogen) atoms. The summed E-state index contributed by atoms with van der Waals surface area (Å²) in [6.07, 6.45) is 3.39. The maximum atomic E-state index is 12.0. The van der Waals surface area contributed by atoms with Crippen LogP contribution in [0.2, 0.25) is 0 Å². The summed E-state index contributed by atoms with van der Waals surface area (Å²) in [7, 11) is 1.87. The maximum Gasteiger partial charge on any atom is 0.319 e. The summed E-state index contributed by atoms with van der Waals surface area (Å²) in [4.78, 5) is 15.8. The Morgan fingerprint density at radius 2 is 1.89 bits per heavy atom. The Morgan fingerprint density at radius 3 is 2.47 bits per heavy atom. The lowest BCUT2D eigenvalue weighted by Crippen LogP contribution is -2.45. The van der Waals surface area contributed by atoms with Gasteiger partial charge in [-0.2, -0.15) is 0 Å². The molecule has 1 aliphatic rings. The van der Waals surface area contributed by atoms with E-state index in [2.05, 4.69) is 30.3 Å². The minimum atomic E-state index is 0.181. The van der Waals surface area contributed by atoms with Crippen molar-refractivity contribution in [2.75, 3.05) is 26.7 Å². The molecule has 3 heteroatoms. The van der Waals surface area contributed by atoms with Gasteiger partial charge in [-0.1, -0.05) is 30.3 Å². The van der Waals surface area contributed by atoms with Crippen LogP contribution in [-0.2, 0) is 6.42 Å². The van der Waals surface area contributed by atoms with Gasteiger partial charge in [-0.05, 0) is 37.7 Å². The van der Waals surface area contributed by atoms with Crippen molar-refractivity contribution >= 4 is 6.03 Å². The SMILES string of the molecule is CCN(C)C(=O)N1CCC(Cc2ccccc2)CC1. The van der Waals surface area contributed by atoms with E-state index in [1.165, 1.54) is 5.56 Å². The van der Waals surface area contributed by atoms with Crippen molar-refractivity contribution in [2.24, 2.45) is 5.92 Å². The molecule has 1 aromatic carbocycles. The van der Waals surface area contributed by atoms with Crippen molar-refractivity contribution in [2.45, 2.75) is 26.2 Å². The second-order valence-corrected chi connectivity index (χ2v) is 5.42. The van der Waals surface area contributed by atoms with Gasteiger partial charge in [0.05, 0.1) is 0 Å². The van der Waals surface area contributed by atoms with E-state index >= 15 is 0 Å². The molecule has 0 radical (unpaired) electrons. The summed E-state index contributed by atoms with van der Waals surface area (Å²) in [6.45, 7) is 4.60. The van der Waals surface area contributed by atoms with Gasteiger partial charge in [0.1, 0.15) is 0 Å². The lowest BCUT2D eigenvalue weighted by atomic mass is 9.90. The number of piperidine rings is 1. The zero-order chi connectivity index (χ0) is 13.7. The molecule has 0 bridgehead atoms. The number of nitrogens with zero attached hydrogens (tertiary/aromatic N) is 2. The quantitative estimate of drug-likeness (QED) is 0.819. The molecule has 0 saturated carbocycles. The summed E-state index contributed by atoms with van der Waals surface area (Å²) in [5, 5.41) is 0. The molecular weight excluding hydrogens is 236 g/mol. The van der Waals surface area contributed by atoms with Crippen molar-refractivity contribution < 1.29 is 4.79 Å². The van der Waals surface area contributed by atoms with Gasteiger partial charge < -0.3 is 9.80 Å². The molecule has 104 valence electrons. The Morgan fingerprint density at radius 1 is 1.26 bits per heavy atom. The highest BCUT2D eigenvalue weighted by molar-refractivity contribution is 5.74. The average molecular weight is 260 g/mol. The fourth-order valence-electron chi connectivity index (χ4n) is 2.65. The Balaban J connectivity index is 1.81. The minimum absolute atomic E-state index is 0.181. The molecule has 0 N–H and O–H groups in total. The Hall–Kier alpha value is -1.51. The monoisotopic (exact) mass is 260 g/mol. The first-order valence-electron chi connectivity index (χ1n) is 7.24. The lowest BCUT2D eigenvalue weighted by Gasteiger charge is -2.34. The first-order valence-corrected chi connectivity index (χ1v) is 7.24. The number of hydrogen-bond acceptors (Lipinski definition) is 1. The van der Waals surface area contributed by atoms with E-state index in [4.69, 9.17) is 0 Å². The predicted molar refractivity (Wildman–Crippen MR) is 78.1 cm³/mol. The van der Waals surface area contributed by atoms with Gasteiger partial charge in [0, 0.05) is 26.7 Å². The molecule has 0 unspecified atom stereocenters. The van der Waals surface area contributed by atoms with E-state index in [1.54, 1.807) is 4.90 Å². The van der Waals surface area contributed by atoms with Gasteiger partial charge in [-0.3, -0.25) is 0 Å². The predicted octanol–water partition coefficient (Wildman–Crippen LogP) is 3.01. The number of urea groups is 1. The van der Waals surface area contributed by atoms with Gasteiger partial charge in [0.25, 0.3) is 0 Å². The number of hydrogen-bond donors (Lipinski definition) is 0. The first-order chi connectivity index (χ1) is 9.20. The summed E-state index contributed by atoms with van der Waals surface area (Å²) in [5.74, 6) is 0.721. The molecule has 2 rings (SSSR count). The topological polar surface area (TPSA) is 23.6 Å². The summed E-state index contributed by atoms with van der Waals surface area (Å²) < 4.78 is 0. The van der Waals surface area contributed by atoms with E-state index in [0.717, 1.165) is 44.8 Å². The van der Waals surface area contributed by atoms with E-state index in [9.17, 15) is 4.79 Å². The fourth-order valence-corrected chi connectivity index (χ4v) is 2.65. The van der Waals surface area contributed by atoms with Gasteiger partial charge in [-0.25, -0.2) is 4.79 Å². The van der Waals surface area contributed by atoms with E-state index in [1.807, 2.05) is 18.9 Å². The van der Waals surface area contributed by atoms with Crippen molar-refractivity contribution in [3.05, 3.63) is 35.9 Å². The second-order valence-electron chi connectivity index (χ2n) is 5.42. The third-order valence-corrected chi connectivity index (χ3v) is 4.05. The zero-order valence-electron chi connectivity index (χ0n) is 12.0. The Labute approximate surface area is 116 Å². The van der Waals surface area contributed by atoms with E-state index in [-0.39, 0.29) is 6.03 Å². The third-order valence-electron chi connectivity index (χ3n) is 4.05. The molecule has 0 aromatic heterocycles. The second kappa shape index (κ2) is 6.60. The first kappa shape index (κ1) is 13.9. The van der Waals surface area contributed by atoms with Crippen LogP contribution in [0.15, 0.2) is 30.3 Å². The number of carbonyl (C=O) groups excluding carboxylic acids is 1. The van der Waals surface area contributed by atoms with E-state index < -0.39 is 0 Å². The summed E-state index contributed by atoms with van der Waals surface area (Å²) >= 11 is 0. The van der Waals surface area contributed by atoms with Crippen molar-refractivity contribution in [1.29, 1.82) is 0 Å². The van der Waals surface area contributed by atoms with Crippen molar-refractivity contribution in [3.63, 3.8) is 0 Å². The highest BCUT2D eigenvalue weighted by Gasteiger charge is 2.24. The van der Waals surface area contributed by atoms with Crippen LogP contribution >= 0.6 is 0 Å². The number of likely N-dealkylation sites (tertiary alicyclic amines) is 1. The minimum Gasteiger partial charge on any atom is -0.328 e. The number of amides is 2. The van der Waals surface area contributed by atoms with Crippen LogP contribution in [0.3, 0.4) is 0 Å². The highest BCUT2D eigenvalue weighted by Crippen LogP contribution is 2.22. The van der Waals surface area contributed by atoms with Crippen LogP contribution in [0.25, 0.3) is 0 Å². The van der Waals surface area contributed by atoms with Gasteiger partial charge in [0.15, 0.2) is 0 Å². The molecule has 0 aliphatic carbocycles.